The first-order valence-corrected chi connectivity index (χ1v) is 4.99. The topological polar surface area (TPSA) is 88.5 Å². The molecule has 1 rings (SSSR count). The smallest absolute Gasteiger partial charge is 0.330 e. The lowest BCUT2D eigenvalue weighted by Crippen LogP contribution is -2.39. The third kappa shape index (κ3) is 4.28. The van der Waals surface area contributed by atoms with Crippen LogP contribution in [-0.4, -0.2) is 60.9 Å². The van der Waals surface area contributed by atoms with E-state index in [-0.39, 0.29) is 12.7 Å². The molecule has 92 valence electrons. The standard InChI is InChI=1S/C10H16O6/c1-2-10(13)16-9(4-12)8(3-11)15-6-7-5-14-7/h2,7-9,11-12H,1,3-6H2/t7?,8-,9+/m1/s1. The van der Waals surface area contributed by atoms with Crippen molar-refractivity contribution in [1.82, 2.24) is 0 Å². The lowest BCUT2D eigenvalue weighted by molar-refractivity contribution is -0.158. The number of ether oxygens (including phenoxy) is 3. The predicted octanol–water partition coefficient (Wildman–Crippen LogP) is -1.15. The monoisotopic (exact) mass is 232 g/mol. The van der Waals surface area contributed by atoms with Crippen molar-refractivity contribution < 1.29 is 29.2 Å². The second kappa shape index (κ2) is 6.59. The fraction of sp³-hybridized carbons (Fsp3) is 0.700. The van der Waals surface area contributed by atoms with E-state index in [0.717, 1.165) is 6.08 Å². The van der Waals surface area contributed by atoms with Crippen molar-refractivity contribution in [3.8, 4) is 0 Å². The molecule has 1 saturated heterocycles. The van der Waals surface area contributed by atoms with Crippen LogP contribution in [0.25, 0.3) is 0 Å². The first-order valence-electron chi connectivity index (χ1n) is 4.99. The molecule has 0 aromatic heterocycles. The van der Waals surface area contributed by atoms with Crippen molar-refractivity contribution in [2.75, 3.05) is 26.4 Å². The largest absolute Gasteiger partial charge is 0.454 e. The number of carbonyl (C=O) groups excluding carboxylic acids is 1. The maximum Gasteiger partial charge on any atom is 0.330 e. The Morgan fingerprint density at radius 1 is 1.50 bits per heavy atom. The van der Waals surface area contributed by atoms with Crippen molar-refractivity contribution in [3.05, 3.63) is 12.7 Å². The number of epoxide rings is 1. The summed E-state index contributed by atoms with van der Waals surface area (Å²) in [5.74, 6) is -0.663. The van der Waals surface area contributed by atoms with E-state index in [9.17, 15) is 4.79 Å². The minimum Gasteiger partial charge on any atom is -0.454 e. The summed E-state index contributed by atoms with van der Waals surface area (Å²) >= 11 is 0. The van der Waals surface area contributed by atoms with Gasteiger partial charge >= 0.3 is 5.97 Å². The highest BCUT2D eigenvalue weighted by Crippen LogP contribution is 2.12. The van der Waals surface area contributed by atoms with Crippen LogP contribution < -0.4 is 0 Å². The summed E-state index contributed by atoms with van der Waals surface area (Å²) in [4.78, 5) is 10.9. The molecule has 0 saturated carbocycles. The molecule has 1 heterocycles. The Hall–Kier alpha value is -0.950. The lowest BCUT2D eigenvalue weighted by Gasteiger charge is -2.23. The molecule has 1 aliphatic rings. The van der Waals surface area contributed by atoms with Gasteiger partial charge in [0.05, 0.1) is 26.4 Å². The summed E-state index contributed by atoms with van der Waals surface area (Å²) < 4.78 is 15.0. The van der Waals surface area contributed by atoms with Gasteiger partial charge < -0.3 is 24.4 Å². The molecule has 0 aromatic rings. The summed E-state index contributed by atoms with van der Waals surface area (Å²) in [7, 11) is 0. The average molecular weight is 232 g/mol. The van der Waals surface area contributed by atoms with Crippen molar-refractivity contribution >= 4 is 5.97 Å². The highest BCUT2D eigenvalue weighted by atomic mass is 16.6. The van der Waals surface area contributed by atoms with Gasteiger partial charge in [0.2, 0.25) is 0 Å². The fourth-order valence-corrected chi connectivity index (χ4v) is 1.10. The van der Waals surface area contributed by atoms with Crippen molar-refractivity contribution in [1.29, 1.82) is 0 Å². The van der Waals surface area contributed by atoms with E-state index in [1.54, 1.807) is 0 Å². The zero-order chi connectivity index (χ0) is 12.0. The quantitative estimate of drug-likeness (QED) is 0.312. The highest BCUT2D eigenvalue weighted by Gasteiger charge is 2.29. The molecule has 1 unspecified atom stereocenters. The van der Waals surface area contributed by atoms with Crippen LogP contribution in [0.15, 0.2) is 12.7 Å². The second-order valence-electron chi connectivity index (χ2n) is 3.37. The Kier molecular flexibility index (Phi) is 5.41. The zero-order valence-electron chi connectivity index (χ0n) is 8.87. The fourth-order valence-electron chi connectivity index (χ4n) is 1.10. The molecular weight excluding hydrogens is 216 g/mol. The van der Waals surface area contributed by atoms with Gasteiger partial charge in [-0.15, -0.1) is 0 Å². The number of esters is 1. The normalized spacial score (nSPS) is 22.2. The third-order valence-electron chi connectivity index (χ3n) is 2.11. The average Bonchev–Trinajstić information content (AvgIpc) is 3.11. The molecule has 0 spiro atoms. The maximum absolute atomic E-state index is 10.9. The van der Waals surface area contributed by atoms with E-state index in [2.05, 4.69) is 6.58 Å². The summed E-state index contributed by atoms with van der Waals surface area (Å²) in [6.07, 6.45) is -0.614. The second-order valence-corrected chi connectivity index (χ2v) is 3.37. The van der Waals surface area contributed by atoms with Crippen LogP contribution >= 0.6 is 0 Å². The highest BCUT2D eigenvalue weighted by molar-refractivity contribution is 5.81. The van der Waals surface area contributed by atoms with Crippen molar-refractivity contribution in [3.63, 3.8) is 0 Å². The van der Waals surface area contributed by atoms with E-state index < -0.39 is 24.8 Å². The van der Waals surface area contributed by atoms with Gasteiger partial charge in [0.15, 0.2) is 6.10 Å². The van der Waals surface area contributed by atoms with E-state index in [1.807, 2.05) is 0 Å². The summed E-state index contributed by atoms with van der Waals surface area (Å²) in [5.41, 5.74) is 0. The Morgan fingerprint density at radius 2 is 2.12 bits per heavy atom. The molecule has 0 aromatic carbocycles. The summed E-state index contributed by atoms with van der Waals surface area (Å²) in [5, 5.41) is 18.1. The maximum atomic E-state index is 10.9. The Balaban J connectivity index is 2.37. The SMILES string of the molecule is C=CC(=O)O[C@@H](CO)[C@@H](CO)OCC1CO1. The van der Waals surface area contributed by atoms with Crippen LogP contribution in [0.4, 0.5) is 0 Å². The van der Waals surface area contributed by atoms with E-state index in [0.29, 0.717) is 13.2 Å². The van der Waals surface area contributed by atoms with Gasteiger partial charge in [0, 0.05) is 6.08 Å². The predicted molar refractivity (Wildman–Crippen MR) is 53.7 cm³/mol. The van der Waals surface area contributed by atoms with Gasteiger partial charge in [-0.05, 0) is 0 Å². The lowest BCUT2D eigenvalue weighted by atomic mass is 10.2. The first-order chi connectivity index (χ1) is 7.71. The third-order valence-corrected chi connectivity index (χ3v) is 2.11. The minimum absolute atomic E-state index is 0.0449. The molecule has 3 atom stereocenters. The van der Waals surface area contributed by atoms with Crippen LogP contribution in [0.5, 0.6) is 0 Å². The number of carbonyl (C=O) groups is 1. The number of hydrogen-bond acceptors (Lipinski definition) is 6. The van der Waals surface area contributed by atoms with E-state index >= 15 is 0 Å². The van der Waals surface area contributed by atoms with Crippen LogP contribution in [-0.2, 0) is 19.0 Å². The molecule has 0 radical (unpaired) electrons. The van der Waals surface area contributed by atoms with Gasteiger partial charge in [-0.25, -0.2) is 4.79 Å². The van der Waals surface area contributed by atoms with Gasteiger partial charge in [0.1, 0.15) is 12.2 Å². The number of rotatable bonds is 8. The molecule has 16 heavy (non-hydrogen) atoms. The van der Waals surface area contributed by atoms with Crippen LogP contribution in [0.1, 0.15) is 0 Å². The Labute approximate surface area is 93.4 Å². The minimum atomic E-state index is -0.894. The molecule has 1 fully saturated rings. The molecule has 0 amide bonds. The number of hydrogen-bond donors (Lipinski definition) is 2. The van der Waals surface area contributed by atoms with Gasteiger partial charge in [0.25, 0.3) is 0 Å². The van der Waals surface area contributed by atoms with E-state index in [4.69, 9.17) is 24.4 Å². The molecular formula is C10H16O6. The zero-order valence-corrected chi connectivity index (χ0v) is 8.87. The molecule has 2 N–H and O–H groups in total. The molecule has 0 bridgehead atoms. The number of aliphatic hydroxyl groups excluding tert-OH is 2. The van der Waals surface area contributed by atoms with Gasteiger partial charge in [-0.3, -0.25) is 0 Å². The Morgan fingerprint density at radius 3 is 2.56 bits per heavy atom. The molecule has 0 aliphatic carbocycles. The van der Waals surface area contributed by atoms with E-state index in [1.165, 1.54) is 0 Å². The molecule has 6 heteroatoms. The molecule has 6 nitrogen and oxygen atoms in total. The van der Waals surface area contributed by atoms with Gasteiger partial charge in [-0.1, -0.05) is 6.58 Å². The van der Waals surface area contributed by atoms with Gasteiger partial charge in [-0.2, -0.15) is 0 Å². The van der Waals surface area contributed by atoms with Crippen molar-refractivity contribution in [2.24, 2.45) is 0 Å². The first kappa shape index (κ1) is 13.1. The Bertz CT molecular complexity index is 237. The number of aliphatic hydroxyl groups is 2. The van der Waals surface area contributed by atoms with Crippen LogP contribution in [0.3, 0.4) is 0 Å². The van der Waals surface area contributed by atoms with Crippen molar-refractivity contribution in [2.45, 2.75) is 18.3 Å². The summed E-state index contributed by atoms with van der Waals surface area (Å²) in [6, 6.07) is 0. The molecule has 1 aliphatic heterocycles. The van der Waals surface area contributed by atoms with Crippen LogP contribution in [0.2, 0.25) is 0 Å². The summed E-state index contributed by atoms with van der Waals surface area (Å²) in [6.45, 7) is 3.42. The van der Waals surface area contributed by atoms with Crippen LogP contribution in [0, 0.1) is 0 Å².